The first-order valence-corrected chi connectivity index (χ1v) is 6.49. The van der Waals surface area contributed by atoms with Crippen LogP contribution in [-0.4, -0.2) is 30.3 Å². The number of benzene rings is 1. The van der Waals surface area contributed by atoms with Gasteiger partial charge in [0.2, 0.25) is 5.91 Å². The minimum atomic E-state index is -0.703. The standard InChI is InChI=1S/C14H18FNO3/c15-11-5-3-10(4-6-11)12(17)7-8-16-14(18)13-2-1-9-19-13/h3-6,12-13,17H,1-2,7-9H2,(H,16,18). The van der Waals surface area contributed by atoms with Gasteiger partial charge in [-0.3, -0.25) is 4.79 Å². The number of hydrogen-bond donors (Lipinski definition) is 2. The second-order valence-corrected chi connectivity index (χ2v) is 4.65. The first kappa shape index (κ1) is 14.0. The number of carbonyl (C=O) groups is 1. The molecule has 4 nitrogen and oxygen atoms in total. The van der Waals surface area contributed by atoms with Crippen LogP contribution in [0, 0.1) is 5.82 Å². The van der Waals surface area contributed by atoms with Crippen LogP contribution in [0.5, 0.6) is 0 Å². The van der Waals surface area contributed by atoms with E-state index in [0.29, 0.717) is 25.1 Å². The molecule has 1 heterocycles. The molecule has 1 aliphatic rings. The highest BCUT2D eigenvalue weighted by Crippen LogP contribution is 2.16. The van der Waals surface area contributed by atoms with E-state index >= 15 is 0 Å². The fourth-order valence-corrected chi connectivity index (χ4v) is 2.08. The van der Waals surface area contributed by atoms with Crippen LogP contribution in [0.2, 0.25) is 0 Å². The number of carbonyl (C=O) groups excluding carboxylic acids is 1. The van der Waals surface area contributed by atoms with E-state index in [-0.39, 0.29) is 17.8 Å². The van der Waals surface area contributed by atoms with Crippen LogP contribution in [0.4, 0.5) is 4.39 Å². The van der Waals surface area contributed by atoms with Gasteiger partial charge in [0.15, 0.2) is 0 Å². The van der Waals surface area contributed by atoms with E-state index in [2.05, 4.69) is 5.32 Å². The summed E-state index contributed by atoms with van der Waals surface area (Å²) in [4.78, 5) is 11.6. The zero-order valence-corrected chi connectivity index (χ0v) is 10.6. The Balaban J connectivity index is 1.72. The Morgan fingerprint density at radius 3 is 2.84 bits per heavy atom. The molecule has 2 unspecified atom stereocenters. The second kappa shape index (κ2) is 6.63. The van der Waals surface area contributed by atoms with Crippen molar-refractivity contribution < 1.29 is 19.0 Å². The van der Waals surface area contributed by atoms with Crippen molar-refractivity contribution in [1.29, 1.82) is 0 Å². The smallest absolute Gasteiger partial charge is 0.249 e. The Hall–Kier alpha value is -1.46. The van der Waals surface area contributed by atoms with E-state index in [1.807, 2.05) is 0 Å². The van der Waals surface area contributed by atoms with Crippen molar-refractivity contribution in [2.75, 3.05) is 13.2 Å². The average molecular weight is 267 g/mol. The summed E-state index contributed by atoms with van der Waals surface area (Å²) < 4.78 is 18.0. The number of aliphatic hydroxyl groups excluding tert-OH is 1. The molecule has 1 aliphatic heterocycles. The second-order valence-electron chi connectivity index (χ2n) is 4.65. The number of amides is 1. The van der Waals surface area contributed by atoms with Crippen LogP contribution in [0.3, 0.4) is 0 Å². The van der Waals surface area contributed by atoms with Gasteiger partial charge in [-0.2, -0.15) is 0 Å². The fourth-order valence-electron chi connectivity index (χ4n) is 2.08. The van der Waals surface area contributed by atoms with Crippen molar-refractivity contribution in [3.8, 4) is 0 Å². The molecule has 2 N–H and O–H groups in total. The summed E-state index contributed by atoms with van der Waals surface area (Å²) in [6, 6.07) is 5.71. The molecule has 1 aromatic carbocycles. The Morgan fingerprint density at radius 1 is 1.47 bits per heavy atom. The highest BCUT2D eigenvalue weighted by atomic mass is 19.1. The van der Waals surface area contributed by atoms with Crippen LogP contribution in [-0.2, 0) is 9.53 Å². The van der Waals surface area contributed by atoms with E-state index in [0.717, 1.165) is 12.8 Å². The van der Waals surface area contributed by atoms with Gasteiger partial charge in [0.1, 0.15) is 11.9 Å². The molecule has 1 saturated heterocycles. The van der Waals surface area contributed by atoms with Crippen LogP contribution in [0.1, 0.15) is 30.9 Å². The molecule has 0 aliphatic carbocycles. The van der Waals surface area contributed by atoms with Gasteiger partial charge in [-0.25, -0.2) is 4.39 Å². The largest absolute Gasteiger partial charge is 0.388 e. The molecule has 0 bridgehead atoms. The minimum absolute atomic E-state index is 0.121. The Labute approximate surface area is 111 Å². The molecule has 2 rings (SSSR count). The summed E-state index contributed by atoms with van der Waals surface area (Å²) in [5.74, 6) is -0.452. The van der Waals surface area contributed by atoms with E-state index in [1.54, 1.807) is 12.1 Å². The maximum Gasteiger partial charge on any atom is 0.249 e. The third-order valence-corrected chi connectivity index (χ3v) is 3.19. The van der Waals surface area contributed by atoms with Gasteiger partial charge in [0.05, 0.1) is 6.10 Å². The normalized spacial score (nSPS) is 20.2. The van der Waals surface area contributed by atoms with Crippen LogP contribution < -0.4 is 5.32 Å². The lowest BCUT2D eigenvalue weighted by atomic mass is 10.1. The first-order valence-electron chi connectivity index (χ1n) is 6.49. The predicted octanol–water partition coefficient (Wildman–Crippen LogP) is 1.54. The van der Waals surface area contributed by atoms with Crippen molar-refractivity contribution in [3.63, 3.8) is 0 Å². The maximum absolute atomic E-state index is 12.7. The molecule has 0 spiro atoms. The molecule has 0 saturated carbocycles. The lowest BCUT2D eigenvalue weighted by molar-refractivity contribution is -0.130. The Bertz CT molecular complexity index is 415. The molecule has 5 heteroatoms. The summed E-state index contributed by atoms with van der Waals surface area (Å²) in [6.07, 6.45) is 1.01. The van der Waals surface area contributed by atoms with Crippen molar-refractivity contribution in [1.82, 2.24) is 5.32 Å². The number of halogens is 1. The van der Waals surface area contributed by atoms with Crippen molar-refractivity contribution in [2.45, 2.75) is 31.5 Å². The van der Waals surface area contributed by atoms with Crippen molar-refractivity contribution in [3.05, 3.63) is 35.6 Å². The molecular weight excluding hydrogens is 249 g/mol. The molecule has 1 fully saturated rings. The number of aliphatic hydroxyl groups is 1. The predicted molar refractivity (Wildman–Crippen MR) is 68.0 cm³/mol. The first-order chi connectivity index (χ1) is 9.16. The van der Waals surface area contributed by atoms with Gasteiger partial charge in [0.25, 0.3) is 0 Å². The molecule has 0 radical (unpaired) electrons. The van der Waals surface area contributed by atoms with E-state index in [1.165, 1.54) is 12.1 Å². The van der Waals surface area contributed by atoms with Gasteiger partial charge in [-0.1, -0.05) is 12.1 Å². The zero-order valence-electron chi connectivity index (χ0n) is 10.6. The molecule has 1 aromatic rings. The summed E-state index contributed by atoms with van der Waals surface area (Å²) >= 11 is 0. The zero-order chi connectivity index (χ0) is 13.7. The molecule has 19 heavy (non-hydrogen) atoms. The SMILES string of the molecule is O=C(NCCC(O)c1ccc(F)cc1)C1CCCO1. The number of rotatable bonds is 5. The summed E-state index contributed by atoms with van der Waals surface area (Å²) in [6.45, 7) is 1.01. The number of hydrogen-bond acceptors (Lipinski definition) is 3. The van der Waals surface area contributed by atoms with Gasteiger partial charge >= 0.3 is 0 Å². The number of ether oxygens (including phenoxy) is 1. The van der Waals surface area contributed by atoms with Gasteiger partial charge in [0, 0.05) is 13.2 Å². The quantitative estimate of drug-likeness (QED) is 0.851. The van der Waals surface area contributed by atoms with E-state index in [9.17, 15) is 14.3 Å². The van der Waals surface area contributed by atoms with Crippen molar-refractivity contribution >= 4 is 5.91 Å². The highest BCUT2D eigenvalue weighted by Gasteiger charge is 2.23. The molecule has 0 aromatic heterocycles. The van der Waals surface area contributed by atoms with Crippen LogP contribution in [0.15, 0.2) is 24.3 Å². The Kier molecular flexibility index (Phi) is 4.87. The van der Waals surface area contributed by atoms with E-state index < -0.39 is 6.10 Å². The average Bonchev–Trinajstić information content (AvgIpc) is 2.93. The Morgan fingerprint density at radius 2 is 2.21 bits per heavy atom. The number of nitrogens with one attached hydrogen (secondary N) is 1. The summed E-state index contributed by atoms with van der Waals surface area (Å²) in [5, 5.41) is 12.6. The summed E-state index contributed by atoms with van der Waals surface area (Å²) in [5.41, 5.74) is 0.646. The lowest BCUT2D eigenvalue weighted by Crippen LogP contribution is -2.35. The fraction of sp³-hybridized carbons (Fsp3) is 0.500. The molecule has 2 atom stereocenters. The highest BCUT2D eigenvalue weighted by molar-refractivity contribution is 5.80. The monoisotopic (exact) mass is 267 g/mol. The summed E-state index contributed by atoms with van der Waals surface area (Å²) in [7, 11) is 0. The molecular formula is C14H18FNO3. The molecule has 104 valence electrons. The van der Waals surface area contributed by atoms with Gasteiger partial charge in [-0.05, 0) is 37.0 Å². The van der Waals surface area contributed by atoms with Gasteiger partial charge < -0.3 is 15.2 Å². The van der Waals surface area contributed by atoms with E-state index in [4.69, 9.17) is 4.74 Å². The van der Waals surface area contributed by atoms with Crippen LogP contribution in [0.25, 0.3) is 0 Å². The molecule has 1 amide bonds. The third-order valence-electron chi connectivity index (χ3n) is 3.19. The topological polar surface area (TPSA) is 58.6 Å². The minimum Gasteiger partial charge on any atom is -0.388 e. The van der Waals surface area contributed by atoms with Gasteiger partial charge in [-0.15, -0.1) is 0 Å². The lowest BCUT2D eigenvalue weighted by Gasteiger charge is -2.13. The maximum atomic E-state index is 12.7. The van der Waals surface area contributed by atoms with Crippen LogP contribution >= 0.6 is 0 Å². The third kappa shape index (κ3) is 4.01. The van der Waals surface area contributed by atoms with Crippen molar-refractivity contribution in [2.24, 2.45) is 0 Å².